The van der Waals surface area contributed by atoms with Crippen LogP contribution >= 0.6 is 27.5 Å². The summed E-state index contributed by atoms with van der Waals surface area (Å²) in [4.78, 5) is 8.20. The molecule has 0 atom stereocenters. The van der Waals surface area contributed by atoms with Crippen molar-refractivity contribution in [2.45, 2.75) is 6.61 Å². The average molecular weight is 345 g/mol. The molecule has 0 saturated heterocycles. The SMILES string of the molecule is COCc1nc(N)cc(Oc2cc(Br)ccc2Cl)n1. The highest BCUT2D eigenvalue weighted by atomic mass is 79.9. The van der Waals surface area contributed by atoms with Crippen LogP contribution in [0.2, 0.25) is 5.02 Å². The molecule has 0 saturated carbocycles. The maximum absolute atomic E-state index is 6.04. The number of halogens is 2. The Bertz CT molecular complexity index is 595. The van der Waals surface area contributed by atoms with Gasteiger partial charge in [-0.3, -0.25) is 0 Å². The topological polar surface area (TPSA) is 70.3 Å². The number of anilines is 1. The number of methoxy groups -OCH3 is 1. The van der Waals surface area contributed by atoms with Crippen LogP contribution in [-0.4, -0.2) is 17.1 Å². The molecule has 0 fully saturated rings. The summed E-state index contributed by atoms with van der Waals surface area (Å²) in [6.07, 6.45) is 0. The van der Waals surface area contributed by atoms with Crippen LogP contribution in [0.15, 0.2) is 28.7 Å². The van der Waals surface area contributed by atoms with Gasteiger partial charge < -0.3 is 15.2 Å². The molecule has 100 valence electrons. The molecule has 0 aliphatic rings. The Morgan fingerprint density at radius 1 is 1.32 bits per heavy atom. The summed E-state index contributed by atoms with van der Waals surface area (Å²) in [6, 6.07) is 6.81. The molecule has 5 nitrogen and oxygen atoms in total. The zero-order valence-electron chi connectivity index (χ0n) is 10.1. The number of benzene rings is 1. The number of rotatable bonds is 4. The molecule has 0 bridgehead atoms. The van der Waals surface area contributed by atoms with E-state index in [9.17, 15) is 0 Å². The van der Waals surface area contributed by atoms with Crippen LogP contribution in [-0.2, 0) is 11.3 Å². The molecule has 0 radical (unpaired) electrons. The van der Waals surface area contributed by atoms with Crippen molar-refractivity contribution in [3.05, 3.63) is 39.6 Å². The van der Waals surface area contributed by atoms with E-state index < -0.39 is 0 Å². The Balaban J connectivity index is 2.29. The van der Waals surface area contributed by atoms with Gasteiger partial charge in [0.2, 0.25) is 5.88 Å². The van der Waals surface area contributed by atoms with Gasteiger partial charge in [0.1, 0.15) is 18.2 Å². The van der Waals surface area contributed by atoms with Crippen LogP contribution < -0.4 is 10.5 Å². The van der Waals surface area contributed by atoms with Gasteiger partial charge in [-0.2, -0.15) is 4.98 Å². The summed E-state index contributed by atoms with van der Waals surface area (Å²) in [6.45, 7) is 0.258. The molecule has 2 aromatic rings. The molecule has 0 aliphatic heterocycles. The van der Waals surface area contributed by atoms with Gasteiger partial charge >= 0.3 is 0 Å². The summed E-state index contributed by atoms with van der Waals surface area (Å²) in [5.41, 5.74) is 5.68. The maximum atomic E-state index is 6.04. The zero-order chi connectivity index (χ0) is 13.8. The molecule has 2 rings (SSSR count). The number of ether oxygens (including phenoxy) is 2. The lowest BCUT2D eigenvalue weighted by Crippen LogP contribution is -2.02. The number of nitrogens with two attached hydrogens (primary N) is 1. The zero-order valence-corrected chi connectivity index (χ0v) is 12.4. The second kappa shape index (κ2) is 6.18. The molecule has 1 aromatic carbocycles. The Labute approximate surface area is 123 Å². The number of nitrogen functional groups attached to an aromatic ring is 1. The average Bonchev–Trinajstić information content (AvgIpc) is 2.33. The minimum Gasteiger partial charge on any atom is -0.437 e. The fourth-order valence-corrected chi connectivity index (χ4v) is 1.90. The Hall–Kier alpha value is -1.37. The third-order valence-electron chi connectivity index (χ3n) is 2.15. The smallest absolute Gasteiger partial charge is 0.224 e. The van der Waals surface area contributed by atoms with Crippen molar-refractivity contribution in [1.29, 1.82) is 0 Å². The fourth-order valence-electron chi connectivity index (χ4n) is 1.41. The number of aromatic nitrogens is 2. The summed E-state index contributed by atoms with van der Waals surface area (Å²) in [7, 11) is 1.55. The molecule has 0 amide bonds. The molecule has 1 heterocycles. The fraction of sp³-hybridized carbons (Fsp3) is 0.167. The number of hydrogen-bond acceptors (Lipinski definition) is 5. The van der Waals surface area contributed by atoms with E-state index in [0.29, 0.717) is 28.3 Å². The standard InChI is InChI=1S/C12H11BrClN3O2/c1-18-6-11-16-10(15)5-12(17-11)19-9-4-7(13)2-3-8(9)14/h2-5H,6H2,1H3,(H2,15,16,17). The van der Waals surface area contributed by atoms with E-state index in [0.717, 1.165) is 4.47 Å². The maximum Gasteiger partial charge on any atom is 0.224 e. The minimum atomic E-state index is 0.258. The van der Waals surface area contributed by atoms with Gasteiger partial charge in [-0.15, -0.1) is 0 Å². The molecule has 1 aromatic heterocycles. The predicted molar refractivity (Wildman–Crippen MR) is 76.4 cm³/mol. The van der Waals surface area contributed by atoms with E-state index in [1.54, 1.807) is 19.2 Å². The molecule has 0 unspecified atom stereocenters. The van der Waals surface area contributed by atoms with Crippen LogP contribution in [0.1, 0.15) is 5.82 Å². The molecule has 7 heteroatoms. The van der Waals surface area contributed by atoms with Crippen molar-refractivity contribution in [1.82, 2.24) is 9.97 Å². The first-order chi connectivity index (χ1) is 9.08. The van der Waals surface area contributed by atoms with E-state index >= 15 is 0 Å². The summed E-state index contributed by atoms with van der Waals surface area (Å²) in [5, 5.41) is 0.480. The van der Waals surface area contributed by atoms with E-state index in [1.165, 1.54) is 6.07 Å². The highest BCUT2D eigenvalue weighted by Gasteiger charge is 2.08. The summed E-state index contributed by atoms with van der Waals surface area (Å²) in [5.74, 6) is 1.56. The van der Waals surface area contributed by atoms with E-state index in [4.69, 9.17) is 26.8 Å². The minimum absolute atomic E-state index is 0.258. The van der Waals surface area contributed by atoms with Crippen molar-refractivity contribution < 1.29 is 9.47 Å². The molecule has 0 spiro atoms. The second-order valence-electron chi connectivity index (χ2n) is 3.66. The monoisotopic (exact) mass is 343 g/mol. The first kappa shape index (κ1) is 14.0. The lowest BCUT2D eigenvalue weighted by Gasteiger charge is -2.09. The van der Waals surface area contributed by atoms with Crippen LogP contribution in [0.25, 0.3) is 0 Å². The molecular weight excluding hydrogens is 334 g/mol. The predicted octanol–water partition coefficient (Wildman–Crippen LogP) is 3.41. The van der Waals surface area contributed by atoms with Crippen molar-refractivity contribution >= 4 is 33.3 Å². The Morgan fingerprint density at radius 3 is 2.84 bits per heavy atom. The summed E-state index contributed by atoms with van der Waals surface area (Å²) >= 11 is 9.39. The van der Waals surface area contributed by atoms with Crippen molar-refractivity contribution in [3.63, 3.8) is 0 Å². The van der Waals surface area contributed by atoms with Gasteiger partial charge in [-0.05, 0) is 18.2 Å². The number of nitrogens with zero attached hydrogens (tertiary/aromatic N) is 2. The van der Waals surface area contributed by atoms with Crippen molar-refractivity contribution in [2.75, 3.05) is 12.8 Å². The van der Waals surface area contributed by atoms with Crippen LogP contribution in [0.4, 0.5) is 5.82 Å². The Morgan fingerprint density at radius 2 is 2.11 bits per heavy atom. The van der Waals surface area contributed by atoms with Gasteiger partial charge in [0.25, 0.3) is 0 Å². The lowest BCUT2D eigenvalue weighted by atomic mass is 10.3. The van der Waals surface area contributed by atoms with Crippen molar-refractivity contribution in [2.24, 2.45) is 0 Å². The molecule has 2 N–H and O–H groups in total. The first-order valence-electron chi connectivity index (χ1n) is 5.34. The van der Waals surface area contributed by atoms with Gasteiger partial charge in [-0.1, -0.05) is 27.5 Å². The van der Waals surface area contributed by atoms with Crippen molar-refractivity contribution in [3.8, 4) is 11.6 Å². The van der Waals surface area contributed by atoms with E-state index in [2.05, 4.69) is 25.9 Å². The van der Waals surface area contributed by atoms with Gasteiger partial charge in [0.05, 0.1) is 5.02 Å². The third-order valence-corrected chi connectivity index (χ3v) is 2.96. The molecular formula is C12H11BrClN3O2. The quantitative estimate of drug-likeness (QED) is 0.920. The highest BCUT2D eigenvalue weighted by molar-refractivity contribution is 9.10. The van der Waals surface area contributed by atoms with E-state index in [1.807, 2.05) is 6.07 Å². The highest BCUT2D eigenvalue weighted by Crippen LogP contribution is 2.31. The molecule has 0 aliphatic carbocycles. The number of hydrogen-bond donors (Lipinski definition) is 1. The summed E-state index contributed by atoms with van der Waals surface area (Å²) < 4.78 is 11.4. The largest absolute Gasteiger partial charge is 0.437 e. The Kier molecular flexibility index (Phi) is 4.57. The van der Waals surface area contributed by atoms with E-state index in [-0.39, 0.29) is 6.61 Å². The van der Waals surface area contributed by atoms with Crippen LogP contribution in [0, 0.1) is 0 Å². The second-order valence-corrected chi connectivity index (χ2v) is 4.98. The lowest BCUT2D eigenvalue weighted by molar-refractivity contribution is 0.177. The van der Waals surface area contributed by atoms with Crippen LogP contribution in [0.3, 0.4) is 0 Å². The third kappa shape index (κ3) is 3.79. The normalized spacial score (nSPS) is 10.5. The van der Waals surface area contributed by atoms with Gasteiger partial charge in [-0.25, -0.2) is 4.98 Å². The molecule has 19 heavy (non-hydrogen) atoms. The van der Waals surface area contributed by atoms with Crippen LogP contribution in [0.5, 0.6) is 11.6 Å². The first-order valence-corrected chi connectivity index (χ1v) is 6.51. The van der Waals surface area contributed by atoms with Gasteiger partial charge in [0, 0.05) is 17.6 Å². The van der Waals surface area contributed by atoms with Gasteiger partial charge in [0.15, 0.2) is 5.82 Å².